The molecule has 1 aromatic carbocycles. The van der Waals surface area contributed by atoms with Gasteiger partial charge in [-0.2, -0.15) is 3.71 Å². The number of rotatable bonds is 9. The van der Waals surface area contributed by atoms with Gasteiger partial charge < -0.3 is 10.3 Å². The van der Waals surface area contributed by atoms with Crippen molar-refractivity contribution in [1.82, 2.24) is 9.97 Å². The molecule has 0 aliphatic heterocycles. The Morgan fingerprint density at radius 3 is 2.33 bits per heavy atom. The largest absolute Gasteiger partial charge is 0.346 e. The van der Waals surface area contributed by atoms with E-state index in [-0.39, 0.29) is 22.1 Å². The molecular formula is C21H25FN4O5S2. The number of aryl methyl sites for hydroxylation is 1. The molecule has 33 heavy (non-hydrogen) atoms. The highest BCUT2D eigenvalue weighted by Crippen LogP contribution is 2.31. The van der Waals surface area contributed by atoms with Crippen molar-refractivity contribution in [1.29, 1.82) is 0 Å². The lowest BCUT2D eigenvalue weighted by molar-refractivity contribution is 0.102. The molecule has 2 heterocycles. The van der Waals surface area contributed by atoms with Crippen LogP contribution in [0.4, 0.5) is 15.8 Å². The van der Waals surface area contributed by atoms with E-state index in [1.54, 1.807) is 32.2 Å². The Balaban J connectivity index is 2.09. The number of sulfonamides is 2. The third-order valence-corrected chi connectivity index (χ3v) is 9.46. The molecule has 0 aliphatic carbocycles. The summed E-state index contributed by atoms with van der Waals surface area (Å²) in [6, 6.07) is 5.77. The Kier molecular flexibility index (Phi) is 7.08. The summed E-state index contributed by atoms with van der Waals surface area (Å²) in [5.74, 6) is -3.08. The fourth-order valence-corrected chi connectivity index (χ4v) is 7.51. The quantitative estimate of drug-likeness (QED) is 0.466. The Bertz CT molecular complexity index is 1370. The molecule has 3 rings (SSSR count). The topological polar surface area (TPSA) is 129 Å². The highest BCUT2D eigenvalue weighted by Gasteiger charge is 2.36. The van der Waals surface area contributed by atoms with Gasteiger partial charge in [0.2, 0.25) is 20.0 Å². The van der Waals surface area contributed by atoms with Gasteiger partial charge in [-0.3, -0.25) is 4.79 Å². The normalized spacial score (nSPS) is 12.1. The van der Waals surface area contributed by atoms with Crippen LogP contribution >= 0.6 is 0 Å². The molecule has 0 saturated carbocycles. The molecule has 2 aromatic heterocycles. The van der Waals surface area contributed by atoms with Crippen LogP contribution in [0.15, 0.2) is 36.7 Å². The summed E-state index contributed by atoms with van der Waals surface area (Å²) >= 11 is 0. The Labute approximate surface area is 192 Å². The number of nitrogens with zero attached hydrogens (tertiary/aromatic N) is 2. The van der Waals surface area contributed by atoms with Crippen molar-refractivity contribution in [3.05, 3.63) is 53.6 Å². The van der Waals surface area contributed by atoms with Crippen LogP contribution in [0, 0.1) is 12.7 Å². The summed E-state index contributed by atoms with van der Waals surface area (Å²) in [6.07, 6.45) is 3.34. The van der Waals surface area contributed by atoms with Crippen molar-refractivity contribution < 1.29 is 26.0 Å². The second-order valence-corrected chi connectivity index (χ2v) is 11.6. The van der Waals surface area contributed by atoms with Crippen molar-refractivity contribution in [2.45, 2.75) is 33.6 Å². The SMILES string of the molecule is CCCS(=O)(=O)N(c1ccc(C)c(C(=O)Nc2cnc3[nH]ccc3c2)c1F)S(=O)(=O)CCC. The van der Waals surface area contributed by atoms with E-state index < -0.39 is 54.5 Å². The highest BCUT2D eigenvalue weighted by molar-refractivity contribution is 8.10. The molecule has 0 bridgehead atoms. The zero-order valence-electron chi connectivity index (χ0n) is 18.4. The molecule has 9 nitrogen and oxygen atoms in total. The van der Waals surface area contributed by atoms with Crippen molar-refractivity contribution in [2.24, 2.45) is 0 Å². The van der Waals surface area contributed by atoms with Crippen LogP contribution in [0.3, 0.4) is 0 Å². The molecule has 178 valence electrons. The van der Waals surface area contributed by atoms with Crippen LogP contribution in [-0.4, -0.2) is 44.2 Å². The van der Waals surface area contributed by atoms with Crippen LogP contribution < -0.4 is 9.03 Å². The maximum Gasteiger partial charge on any atom is 0.259 e. The number of aromatic amines is 1. The van der Waals surface area contributed by atoms with Crippen LogP contribution in [0.1, 0.15) is 42.6 Å². The first-order valence-electron chi connectivity index (χ1n) is 10.3. The van der Waals surface area contributed by atoms with Gasteiger partial charge in [0.05, 0.1) is 29.0 Å². The van der Waals surface area contributed by atoms with E-state index in [2.05, 4.69) is 15.3 Å². The van der Waals surface area contributed by atoms with Crippen LogP contribution in [0.2, 0.25) is 0 Å². The maximum atomic E-state index is 15.6. The number of nitrogens with one attached hydrogen (secondary N) is 2. The van der Waals surface area contributed by atoms with Gasteiger partial charge in [-0.05, 0) is 43.5 Å². The number of pyridine rings is 1. The van der Waals surface area contributed by atoms with Gasteiger partial charge in [0.1, 0.15) is 11.3 Å². The smallest absolute Gasteiger partial charge is 0.259 e. The van der Waals surface area contributed by atoms with Gasteiger partial charge in [-0.25, -0.2) is 26.2 Å². The summed E-state index contributed by atoms with van der Waals surface area (Å²) in [4.78, 5) is 20.0. The standard InChI is InChI=1S/C21H25FN4O5S2/c1-4-10-32(28,29)26(33(30,31)11-5-2)17-7-6-14(3)18(19(17)22)21(27)25-16-12-15-8-9-23-20(15)24-13-16/h6-9,12-13H,4-5,10-11H2,1-3H3,(H,23,24)(H,25,27). The number of anilines is 2. The van der Waals surface area contributed by atoms with Crippen molar-refractivity contribution in [3.8, 4) is 0 Å². The second kappa shape index (κ2) is 9.48. The zero-order chi connectivity index (χ0) is 24.4. The summed E-state index contributed by atoms with van der Waals surface area (Å²) in [6.45, 7) is 4.62. The maximum absolute atomic E-state index is 15.6. The van der Waals surface area contributed by atoms with Crippen LogP contribution in [0.5, 0.6) is 0 Å². The summed E-state index contributed by atoms with van der Waals surface area (Å²) in [5, 5.41) is 3.27. The number of carbonyl (C=O) groups excluding carboxylic acids is 1. The molecule has 0 radical (unpaired) electrons. The average molecular weight is 497 g/mol. The minimum absolute atomic E-state index is 0.131. The summed E-state index contributed by atoms with van der Waals surface area (Å²) in [5.41, 5.74) is -0.0392. The number of fused-ring (bicyclic) bond motifs is 1. The second-order valence-electron chi connectivity index (χ2n) is 7.51. The molecule has 0 saturated heterocycles. The van der Waals surface area contributed by atoms with E-state index >= 15 is 4.39 Å². The molecule has 1 amide bonds. The molecule has 2 N–H and O–H groups in total. The first-order valence-corrected chi connectivity index (χ1v) is 13.5. The molecular weight excluding hydrogens is 471 g/mol. The zero-order valence-corrected chi connectivity index (χ0v) is 20.1. The van der Waals surface area contributed by atoms with E-state index in [9.17, 15) is 21.6 Å². The predicted molar refractivity (Wildman–Crippen MR) is 126 cm³/mol. The fourth-order valence-electron chi connectivity index (χ4n) is 3.44. The van der Waals surface area contributed by atoms with Gasteiger partial charge in [0, 0.05) is 11.6 Å². The number of amides is 1. The van der Waals surface area contributed by atoms with Crippen molar-refractivity contribution >= 4 is 48.4 Å². The molecule has 3 aromatic rings. The molecule has 0 aliphatic rings. The molecule has 0 unspecified atom stereocenters. The minimum Gasteiger partial charge on any atom is -0.346 e. The lowest BCUT2D eigenvalue weighted by Gasteiger charge is -2.25. The van der Waals surface area contributed by atoms with E-state index in [0.29, 0.717) is 11.3 Å². The van der Waals surface area contributed by atoms with E-state index in [0.717, 1.165) is 11.5 Å². The summed E-state index contributed by atoms with van der Waals surface area (Å²) in [7, 11) is -8.80. The van der Waals surface area contributed by atoms with Crippen LogP contribution in [0.25, 0.3) is 11.0 Å². The van der Waals surface area contributed by atoms with Gasteiger partial charge in [-0.1, -0.05) is 19.9 Å². The average Bonchev–Trinajstić information content (AvgIpc) is 3.17. The minimum atomic E-state index is -4.40. The molecule has 0 fully saturated rings. The fraction of sp³-hybridized carbons (Fsp3) is 0.333. The lowest BCUT2D eigenvalue weighted by Crippen LogP contribution is -2.40. The number of H-pyrrole nitrogens is 1. The third-order valence-electron chi connectivity index (χ3n) is 4.84. The predicted octanol–water partition coefficient (Wildman–Crippen LogP) is 3.55. The van der Waals surface area contributed by atoms with Gasteiger partial charge in [0.15, 0.2) is 5.82 Å². The molecule has 0 atom stereocenters. The van der Waals surface area contributed by atoms with Gasteiger partial charge in [0.25, 0.3) is 5.91 Å². The number of hydrogen-bond donors (Lipinski definition) is 2. The number of benzene rings is 1. The number of aromatic nitrogens is 2. The van der Waals surface area contributed by atoms with Gasteiger partial charge in [-0.15, -0.1) is 0 Å². The van der Waals surface area contributed by atoms with Crippen molar-refractivity contribution in [2.75, 3.05) is 20.5 Å². The number of halogens is 1. The van der Waals surface area contributed by atoms with E-state index in [1.807, 2.05) is 0 Å². The van der Waals surface area contributed by atoms with E-state index in [1.165, 1.54) is 19.2 Å². The third kappa shape index (κ3) is 5.01. The molecule has 0 spiro atoms. The number of hydrogen-bond acceptors (Lipinski definition) is 6. The highest BCUT2D eigenvalue weighted by atomic mass is 32.3. The number of carbonyl (C=O) groups is 1. The van der Waals surface area contributed by atoms with Crippen molar-refractivity contribution in [3.63, 3.8) is 0 Å². The Morgan fingerprint density at radius 1 is 1.09 bits per heavy atom. The summed E-state index contributed by atoms with van der Waals surface area (Å²) < 4.78 is 67.1. The first kappa shape index (κ1) is 24.6. The Hall–Kier alpha value is -2.99. The Morgan fingerprint density at radius 2 is 1.73 bits per heavy atom. The van der Waals surface area contributed by atoms with E-state index in [4.69, 9.17) is 0 Å². The van der Waals surface area contributed by atoms with Crippen LogP contribution in [-0.2, 0) is 20.0 Å². The van der Waals surface area contributed by atoms with Gasteiger partial charge >= 0.3 is 0 Å². The monoisotopic (exact) mass is 496 g/mol. The first-order chi connectivity index (χ1) is 15.5. The molecule has 12 heteroatoms. The lowest BCUT2D eigenvalue weighted by atomic mass is 10.1.